The van der Waals surface area contributed by atoms with Gasteiger partial charge in [0.05, 0.1) is 0 Å². The van der Waals surface area contributed by atoms with Gasteiger partial charge in [-0.25, -0.2) is 0 Å². The van der Waals surface area contributed by atoms with E-state index in [1.54, 1.807) is 0 Å². The van der Waals surface area contributed by atoms with Crippen molar-refractivity contribution in [3.63, 3.8) is 0 Å². The highest BCUT2D eigenvalue weighted by atomic mass is 15.1. The maximum Gasteiger partial charge on any atom is 0.0426 e. The molecule has 2 N–H and O–H groups in total. The molecule has 2 heteroatoms. The van der Waals surface area contributed by atoms with Crippen molar-refractivity contribution in [1.29, 1.82) is 0 Å². The zero-order valence-electron chi connectivity index (χ0n) is 12.6. The molecule has 0 aliphatic rings. The highest BCUT2D eigenvalue weighted by Crippen LogP contribution is 2.20. The number of benzene rings is 2. The van der Waals surface area contributed by atoms with Gasteiger partial charge in [-0.2, -0.15) is 0 Å². The van der Waals surface area contributed by atoms with E-state index >= 15 is 0 Å². The van der Waals surface area contributed by atoms with Gasteiger partial charge < -0.3 is 10.6 Å². The summed E-state index contributed by atoms with van der Waals surface area (Å²) in [6, 6.07) is 17.4. The molecule has 0 unspecified atom stereocenters. The van der Waals surface area contributed by atoms with Crippen molar-refractivity contribution in [3.05, 3.63) is 65.2 Å². The maximum absolute atomic E-state index is 6.04. The quantitative estimate of drug-likeness (QED) is 0.886. The third kappa shape index (κ3) is 3.61. The molecule has 106 valence electrons. The summed E-state index contributed by atoms with van der Waals surface area (Å²) in [5.41, 5.74) is 11.1. The molecule has 0 fully saturated rings. The Balaban J connectivity index is 2.05. The van der Waals surface area contributed by atoms with Crippen molar-refractivity contribution in [3.8, 4) is 0 Å². The molecule has 0 saturated heterocycles. The van der Waals surface area contributed by atoms with Gasteiger partial charge in [0.1, 0.15) is 0 Å². The van der Waals surface area contributed by atoms with E-state index in [1.807, 2.05) is 0 Å². The molecule has 0 radical (unpaired) electrons. The van der Waals surface area contributed by atoms with Gasteiger partial charge in [0.15, 0.2) is 0 Å². The normalized spacial score (nSPS) is 12.2. The average molecular weight is 268 g/mol. The summed E-state index contributed by atoms with van der Waals surface area (Å²) in [7, 11) is 2.12. The van der Waals surface area contributed by atoms with E-state index in [0.29, 0.717) is 0 Å². The molecule has 20 heavy (non-hydrogen) atoms. The van der Waals surface area contributed by atoms with E-state index in [1.165, 1.54) is 22.4 Å². The molecular formula is C18H24N2. The van der Waals surface area contributed by atoms with Crippen LogP contribution in [0.3, 0.4) is 0 Å². The van der Waals surface area contributed by atoms with Gasteiger partial charge in [0, 0.05) is 25.3 Å². The lowest BCUT2D eigenvalue weighted by Crippen LogP contribution is -2.16. The highest BCUT2D eigenvalue weighted by molar-refractivity contribution is 5.48. The lowest BCUT2D eigenvalue weighted by atomic mass is 10.0. The van der Waals surface area contributed by atoms with Crippen molar-refractivity contribution in [2.75, 3.05) is 11.9 Å². The van der Waals surface area contributed by atoms with E-state index in [2.05, 4.69) is 74.3 Å². The molecule has 0 bridgehead atoms. The fraction of sp³-hybridized carbons (Fsp3) is 0.333. The second-order valence-corrected chi connectivity index (χ2v) is 5.45. The van der Waals surface area contributed by atoms with Crippen LogP contribution in [0.25, 0.3) is 0 Å². The van der Waals surface area contributed by atoms with Crippen molar-refractivity contribution < 1.29 is 0 Å². The molecule has 0 aliphatic carbocycles. The van der Waals surface area contributed by atoms with Crippen LogP contribution in [0.15, 0.2) is 48.5 Å². The van der Waals surface area contributed by atoms with Gasteiger partial charge in [-0.05, 0) is 36.6 Å². The summed E-state index contributed by atoms with van der Waals surface area (Å²) in [4.78, 5) is 2.26. The van der Waals surface area contributed by atoms with Gasteiger partial charge in [0.2, 0.25) is 0 Å². The molecule has 0 aliphatic heterocycles. The first kappa shape index (κ1) is 14.6. The van der Waals surface area contributed by atoms with Crippen molar-refractivity contribution in [2.45, 2.75) is 32.9 Å². The summed E-state index contributed by atoms with van der Waals surface area (Å²) in [5.74, 6) is 0. The third-order valence-corrected chi connectivity index (χ3v) is 3.74. The molecule has 0 aromatic heterocycles. The van der Waals surface area contributed by atoms with Crippen LogP contribution in [-0.2, 0) is 6.54 Å². The number of nitrogens with two attached hydrogens (primary N) is 1. The molecule has 2 aromatic carbocycles. The van der Waals surface area contributed by atoms with Gasteiger partial charge in [-0.15, -0.1) is 0 Å². The SMILES string of the molecule is CC[C@@H](N)c1ccc(N(C)Cc2ccc(C)cc2)cc1. The van der Waals surface area contributed by atoms with Crippen LogP contribution in [0.1, 0.15) is 36.1 Å². The van der Waals surface area contributed by atoms with E-state index in [9.17, 15) is 0 Å². The van der Waals surface area contributed by atoms with Gasteiger partial charge in [-0.3, -0.25) is 0 Å². The minimum absolute atomic E-state index is 0.145. The Labute approximate surface area is 122 Å². The van der Waals surface area contributed by atoms with Crippen LogP contribution in [0.5, 0.6) is 0 Å². The first-order valence-corrected chi connectivity index (χ1v) is 7.22. The fourth-order valence-electron chi connectivity index (χ4n) is 2.27. The predicted octanol–water partition coefficient (Wildman–Crippen LogP) is 4.04. The topological polar surface area (TPSA) is 29.3 Å². The van der Waals surface area contributed by atoms with Gasteiger partial charge in [-0.1, -0.05) is 48.9 Å². The minimum Gasteiger partial charge on any atom is -0.370 e. The highest BCUT2D eigenvalue weighted by Gasteiger charge is 2.05. The molecule has 0 saturated carbocycles. The van der Waals surface area contributed by atoms with Crippen molar-refractivity contribution >= 4 is 5.69 Å². The van der Waals surface area contributed by atoms with Crippen LogP contribution in [0.2, 0.25) is 0 Å². The summed E-state index contributed by atoms with van der Waals surface area (Å²) in [6.07, 6.45) is 0.971. The van der Waals surface area contributed by atoms with Crippen molar-refractivity contribution in [2.24, 2.45) is 5.73 Å². The predicted molar refractivity (Wildman–Crippen MR) is 86.9 cm³/mol. The maximum atomic E-state index is 6.04. The number of hydrogen-bond donors (Lipinski definition) is 1. The summed E-state index contributed by atoms with van der Waals surface area (Å²) in [5, 5.41) is 0. The number of rotatable bonds is 5. The number of anilines is 1. The second-order valence-electron chi connectivity index (χ2n) is 5.45. The van der Waals surface area contributed by atoms with Gasteiger partial charge in [0.25, 0.3) is 0 Å². The Morgan fingerprint density at radius 1 is 1.00 bits per heavy atom. The lowest BCUT2D eigenvalue weighted by molar-refractivity contribution is 0.698. The Hall–Kier alpha value is -1.80. The molecule has 2 rings (SSSR count). The first-order chi connectivity index (χ1) is 9.60. The van der Waals surface area contributed by atoms with E-state index < -0.39 is 0 Å². The van der Waals surface area contributed by atoms with Crippen LogP contribution >= 0.6 is 0 Å². The van der Waals surface area contributed by atoms with Gasteiger partial charge >= 0.3 is 0 Å². The Bertz CT molecular complexity index is 528. The molecule has 0 heterocycles. The fourth-order valence-corrected chi connectivity index (χ4v) is 2.27. The molecule has 0 spiro atoms. The number of aryl methyl sites for hydroxylation is 1. The first-order valence-electron chi connectivity index (χ1n) is 7.22. The third-order valence-electron chi connectivity index (χ3n) is 3.74. The Morgan fingerprint density at radius 2 is 1.60 bits per heavy atom. The largest absolute Gasteiger partial charge is 0.370 e. The molecule has 2 aromatic rings. The zero-order chi connectivity index (χ0) is 14.5. The summed E-state index contributed by atoms with van der Waals surface area (Å²) < 4.78 is 0. The van der Waals surface area contributed by atoms with Crippen molar-refractivity contribution in [1.82, 2.24) is 0 Å². The molecule has 0 amide bonds. The second kappa shape index (κ2) is 6.58. The number of hydrogen-bond acceptors (Lipinski definition) is 2. The monoisotopic (exact) mass is 268 g/mol. The van der Waals surface area contributed by atoms with Crippen LogP contribution in [0.4, 0.5) is 5.69 Å². The number of nitrogens with zero attached hydrogens (tertiary/aromatic N) is 1. The van der Waals surface area contributed by atoms with Crippen LogP contribution in [-0.4, -0.2) is 7.05 Å². The summed E-state index contributed by atoms with van der Waals surface area (Å²) >= 11 is 0. The van der Waals surface area contributed by atoms with E-state index in [-0.39, 0.29) is 6.04 Å². The molecular weight excluding hydrogens is 244 g/mol. The van der Waals surface area contributed by atoms with E-state index in [4.69, 9.17) is 5.73 Å². The molecule has 1 atom stereocenters. The summed E-state index contributed by atoms with van der Waals surface area (Å²) in [6.45, 7) is 5.14. The van der Waals surface area contributed by atoms with E-state index in [0.717, 1.165) is 13.0 Å². The minimum atomic E-state index is 0.145. The lowest BCUT2D eigenvalue weighted by Gasteiger charge is -2.20. The van der Waals surface area contributed by atoms with Crippen LogP contribution < -0.4 is 10.6 Å². The smallest absolute Gasteiger partial charge is 0.0426 e. The van der Waals surface area contributed by atoms with Crippen LogP contribution in [0, 0.1) is 6.92 Å². The standard InChI is InChI=1S/C18H24N2/c1-4-18(19)16-9-11-17(12-10-16)20(3)13-15-7-5-14(2)6-8-15/h5-12,18H,4,13,19H2,1-3H3/t18-/m1/s1. The average Bonchev–Trinajstić information content (AvgIpc) is 2.49. The Kier molecular flexibility index (Phi) is 4.80. The molecule has 2 nitrogen and oxygen atoms in total. The Morgan fingerprint density at radius 3 is 2.15 bits per heavy atom. The zero-order valence-corrected chi connectivity index (χ0v) is 12.6.